The lowest BCUT2D eigenvalue weighted by atomic mass is 10.2. The van der Waals surface area contributed by atoms with Gasteiger partial charge in [0, 0.05) is 23.3 Å². The molecule has 0 aliphatic rings. The van der Waals surface area contributed by atoms with E-state index in [-0.39, 0.29) is 0 Å². The topological polar surface area (TPSA) is 29.9 Å². The number of para-hydroxylation sites is 2. The van der Waals surface area contributed by atoms with Crippen LogP contribution < -0.4 is 5.32 Å². The Morgan fingerprint density at radius 2 is 2.00 bits per heavy atom. The van der Waals surface area contributed by atoms with E-state index in [1.54, 1.807) is 0 Å². The summed E-state index contributed by atoms with van der Waals surface area (Å²) >= 11 is 6.41. The SMILES string of the molecule is CC(C)NCc1ccc(-n2cnc3ccccc32)cc1Cl. The first-order chi connectivity index (χ1) is 10.1. The molecular weight excluding hydrogens is 282 g/mol. The molecule has 1 heterocycles. The van der Waals surface area contributed by atoms with Crippen LogP contribution in [0.4, 0.5) is 0 Å². The number of benzene rings is 2. The van der Waals surface area contributed by atoms with E-state index in [0.29, 0.717) is 6.04 Å². The Kier molecular flexibility index (Phi) is 3.95. The van der Waals surface area contributed by atoms with Crippen LogP contribution in [0.2, 0.25) is 5.02 Å². The summed E-state index contributed by atoms with van der Waals surface area (Å²) in [5.74, 6) is 0. The van der Waals surface area contributed by atoms with Crippen molar-refractivity contribution in [1.82, 2.24) is 14.9 Å². The van der Waals surface area contributed by atoms with Gasteiger partial charge in [-0.2, -0.15) is 0 Å². The van der Waals surface area contributed by atoms with Crippen LogP contribution in [-0.4, -0.2) is 15.6 Å². The number of nitrogens with zero attached hydrogens (tertiary/aromatic N) is 2. The minimum Gasteiger partial charge on any atom is -0.310 e. The van der Waals surface area contributed by atoms with Gasteiger partial charge in [-0.15, -0.1) is 0 Å². The van der Waals surface area contributed by atoms with E-state index in [0.717, 1.165) is 33.9 Å². The normalized spacial score (nSPS) is 11.4. The lowest BCUT2D eigenvalue weighted by molar-refractivity contribution is 0.589. The zero-order chi connectivity index (χ0) is 14.8. The summed E-state index contributed by atoms with van der Waals surface area (Å²) in [6, 6.07) is 14.7. The predicted molar refractivity (Wildman–Crippen MR) is 88.1 cm³/mol. The average molecular weight is 300 g/mol. The first kappa shape index (κ1) is 14.1. The van der Waals surface area contributed by atoms with Crippen molar-refractivity contribution in [3.05, 3.63) is 59.4 Å². The average Bonchev–Trinajstić information content (AvgIpc) is 2.89. The number of rotatable bonds is 4. The Labute approximate surface area is 129 Å². The number of aromatic nitrogens is 2. The van der Waals surface area contributed by atoms with Gasteiger partial charge in [-0.3, -0.25) is 4.57 Å². The molecule has 3 rings (SSSR count). The Hall–Kier alpha value is -1.84. The Morgan fingerprint density at radius 1 is 1.19 bits per heavy atom. The quantitative estimate of drug-likeness (QED) is 0.783. The van der Waals surface area contributed by atoms with Gasteiger partial charge < -0.3 is 5.32 Å². The maximum absolute atomic E-state index is 6.41. The fraction of sp³-hybridized carbons (Fsp3) is 0.235. The summed E-state index contributed by atoms with van der Waals surface area (Å²) in [7, 11) is 0. The maximum Gasteiger partial charge on any atom is 0.100 e. The van der Waals surface area contributed by atoms with Gasteiger partial charge in [-0.1, -0.05) is 43.6 Å². The molecule has 3 aromatic rings. The lowest BCUT2D eigenvalue weighted by Crippen LogP contribution is -2.21. The van der Waals surface area contributed by atoms with E-state index in [1.165, 1.54) is 0 Å². The molecular formula is C17H18ClN3. The molecule has 2 aromatic carbocycles. The number of imidazole rings is 1. The summed E-state index contributed by atoms with van der Waals surface area (Å²) < 4.78 is 2.06. The van der Waals surface area contributed by atoms with Crippen molar-refractivity contribution in [2.75, 3.05) is 0 Å². The molecule has 0 bridgehead atoms. The van der Waals surface area contributed by atoms with Crippen molar-refractivity contribution in [3.8, 4) is 5.69 Å². The minimum atomic E-state index is 0.443. The van der Waals surface area contributed by atoms with Gasteiger partial charge in [-0.05, 0) is 29.8 Å². The maximum atomic E-state index is 6.41. The van der Waals surface area contributed by atoms with E-state index in [9.17, 15) is 0 Å². The molecule has 0 fully saturated rings. The molecule has 0 amide bonds. The summed E-state index contributed by atoms with van der Waals surface area (Å²) in [6.07, 6.45) is 1.84. The van der Waals surface area contributed by atoms with E-state index in [1.807, 2.05) is 30.6 Å². The van der Waals surface area contributed by atoms with Crippen molar-refractivity contribution in [3.63, 3.8) is 0 Å². The third-order valence-corrected chi connectivity index (χ3v) is 3.82. The highest BCUT2D eigenvalue weighted by Gasteiger charge is 2.07. The smallest absolute Gasteiger partial charge is 0.100 e. The highest BCUT2D eigenvalue weighted by Crippen LogP contribution is 2.23. The molecule has 0 spiro atoms. The second kappa shape index (κ2) is 5.88. The molecule has 0 saturated carbocycles. The standard InChI is InChI=1S/C17H18ClN3/c1-12(2)19-10-13-7-8-14(9-15(13)18)21-11-20-16-5-3-4-6-17(16)21/h3-9,11-12,19H,10H2,1-2H3. The van der Waals surface area contributed by atoms with Crippen molar-refractivity contribution >= 4 is 22.6 Å². The van der Waals surface area contributed by atoms with E-state index >= 15 is 0 Å². The molecule has 0 radical (unpaired) electrons. The van der Waals surface area contributed by atoms with Gasteiger partial charge in [0.1, 0.15) is 6.33 Å². The summed E-state index contributed by atoms with van der Waals surface area (Å²) in [4.78, 5) is 4.41. The lowest BCUT2D eigenvalue weighted by Gasteiger charge is -2.11. The molecule has 0 aliphatic carbocycles. The molecule has 0 saturated heterocycles. The van der Waals surface area contributed by atoms with Crippen LogP contribution in [0.25, 0.3) is 16.7 Å². The fourth-order valence-electron chi connectivity index (χ4n) is 2.31. The Bertz CT molecular complexity index is 762. The second-order valence-corrected chi connectivity index (χ2v) is 5.82. The fourth-order valence-corrected chi connectivity index (χ4v) is 2.55. The summed E-state index contributed by atoms with van der Waals surface area (Å²) in [5.41, 5.74) is 4.21. The third-order valence-electron chi connectivity index (χ3n) is 3.47. The molecule has 3 nitrogen and oxygen atoms in total. The van der Waals surface area contributed by atoms with Gasteiger partial charge in [0.05, 0.1) is 11.0 Å². The number of halogens is 1. The molecule has 1 N–H and O–H groups in total. The van der Waals surface area contributed by atoms with Gasteiger partial charge in [0.2, 0.25) is 0 Å². The van der Waals surface area contributed by atoms with Crippen LogP contribution in [-0.2, 0) is 6.54 Å². The van der Waals surface area contributed by atoms with E-state index < -0.39 is 0 Å². The highest BCUT2D eigenvalue weighted by molar-refractivity contribution is 6.31. The van der Waals surface area contributed by atoms with Gasteiger partial charge in [0.25, 0.3) is 0 Å². The number of hydrogen-bond donors (Lipinski definition) is 1. The van der Waals surface area contributed by atoms with Crippen molar-refractivity contribution < 1.29 is 0 Å². The van der Waals surface area contributed by atoms with Gasteiger partial charge >= 0.3 is 0 Å². The molecule has 0 unspecified atom stereocenters. The molecule has 0 atom stereocenters. The third kappa shape index (κ3) is 2.94. The van der Waals surface area contributed by atoms with Crippen molar-refractivity contribution in [1.29, 1.82) is 0 Å². The van der Waals surface area contributed by atoms with E-state index in [4.69, 9.17) is 11.6 Å². The Morgan fingerprint density at radius 3 is 2.76 bits per heavy atom. The first-order valence-electron chi connectivity index (χ1n) is 7.09. The van der Waals surface area contributed by atoms with E-state index in [2.05, 4.69) is 46.9 Å². The predicted octanol–water partition coefficient (Wildman–Crippen LogP) is 4.18. The summed E-state index contributed by atoms with van der Waals surface area (Å²) in [6.45, 7) is 5.03. The Balaban J connectivity index is 1.95. The molecule has 108 valence electrons. The zero-order valence-corrected chi connectivity index (χ0v) is 12.9. The zero-order valence-electron chi connectivity index (χ0n) is 12.2. The largest absolute Gasteiger partial charge is 0.310 e. The minimum absolute atomic E-state index is 0.443. The second-order valence-electron chi connectivity index (χ2n) is 5.41. The van der Waals surface area contributed by atoms with Crippen LogP contribution in [0, 0.1) is 0 Å². The first-order valence-corrected chi connectivity index (χ1v) is 7.47. The van der Waals surface area contributed by atoms with Crippen LogP contribution in [0.1, 0.15) is 19.4 Å². The van der Waals surface area contributed by atoms with Crippen LogP contribution in [0.3, 0.4) is 0 Å². The molecule has 4 heteroatoms. The van der Waals surface area contributed by atoms with Crippen LogP contribution in [0.5, 0.6) is 0 Å². The number of nitrogens with one attached hydrogen (secondary N) is 1. The highest BCUT2D eigenvalue weighted by atomic mass is 35.5. The monoisotopic (exact) mass is 299 g/mol. The van der Waals surface area contributed by atoms with Gasteiger partial charge in [0.15, 0.2) is 0 Å². The molecule has 1 aromatic heterocycles. The van der Waals surface area contributed by atoms with Crippen LogP contribution in [0.15, 0.2) is 48.8 Å². The summed E-state index contributed by atoms with van der Waals surface area (Å²) in [5, 5.41) is 4.16. The van der Waals surface area contributed by atoms with Crippen molar-refractivity contribution in [2.45, 2.75) is 26.4 Å². The number of fused-ring (bicyclic) bond motifs is 1. The van der Waals surface area contributed by atoms with Crippen molar-refractivity contribution in [2.24, 2.45) is 0 Å². The van der Waals surface area contributed by atoms with Crippen LogP contribution >= 0.6 is 11.6 Å². The molecule has 0 aliphatic heterocycles. The number of hydrogen-bond acceptors (Lipinski definition) is 2. The molecule has 21 heavy (non-hydrogen) atoms. The van der Waals surface area contributed by atoms with Gasteiger partial charge in [-0.25, -0.2) is 4.98 Å².